The van der Waals surface area contributed by atoms with Crippen LogP contribution in [0, 0.1) is 11.7 Å². The SMILES string of the molecule is COc1cc2c(s1)CCN(C(C(=O)C1CC1)c1ccccc1F)C2.Cl. The van der Waals surface area contributed by atoms with Crippen molar-refractivity contribution in [3.8, 4) is 5.06 Å². The molecule has 0 spiro atoms. The molecule has 6 heteroatoms. The molecule has 0 saturated heterocycles. The number of nitrogens with zero attached hydrogens (tertiary/aromatic N) is 1. The second-order valence-corrected chi connectivity index (χ2v) is 7.64. The van der Waals surface area contributed by atoms with Crippen LogP contribution >= 0.6 is 23.7 Å². The molecule has 1 aromatic carbocycles. The van der Waals surface area contributed by atoms with E-state index in [1.165, 1.54) is 16.5 Å². The van der Waals surface area contributed by atoms with E-state index >= 15 is 0 Å². The zero-order chi connectivity index (χ0) is 16.7. The van der Waals surface area contributed by atoms with Crippen molar-refractivity contribution in [2.45, 2.75) is 31.8 Å². The average Bonchev–Trinajstić information content (AvgIpc) is 3.36. The van der Waals surface area contributed by atoms with Gasteiger partial charge in [0.15, 0.2) is 10.8 Å². The normalized spacial score (nSPS) is 18.2. The van der Waals surface area contributed by atoms with E-state index in [1.54, 1.807) is 30.6 Å². The topological polar surface area (TPSA) is 29.5 Å². The van der Waals surface area contributed by atoms with Crippen LogP contribution in [-0.4, -0.2) is 24.3 Å². The number of carbonyl (C=O) groups is 1. The maximum absolute atomic E-state index is 14.4. The number of ketones is 1. The van der Waals surface area contributed by atoms with Crippen LogP contribution < -0.4 is 4.74 Å². The second-order valence-electron chi connectivity index (χ2n) is 6.54. The summed E-state index contributed by atoms with van der Waals surface area (Å²) >= 11 is 1.67. The standard InChI is InChI=1S/C19H20FNO2S.ClH/c1-23-17-10-13-11-21(9-8-16(13)24-17)18(19(22)12-6-7-12)14-4-2-3-5-15(14)20;/h2-5,10,12,18H,6-9,11H2,1H3;1H. The van der Waals surface area contributed by atoms with Gasteiger partial charge in [0.05, 0.1) is 13.2 Å². The summed E-state index contributed by atoms with van der Waals surface area (Å²) in [7, 11) is 1.67. The first-order chi connectivity index (χ1) is 11.7. The number of carbonyl (C=O) groups excluding carboxylic acids is 1. The van der Waals surface area contributed by atoms with Gasteiger partial charge in [-0.25, -0.2) is 4.39 Å². The van der Waals surface area contributed by atoms with Crippen molar-refractivity contribution in [1.29, 1.82) is 0 Å². The summed E-state index contributed by atoms with van der Waals surface area (Å²) in [6.07, 6.45) is 2.76. The molecule has 1 fully saturated rings. The largest absolute Gasteiger partial charge is 0.487 e. The highest BCUT2D eigenvalue weighted by Gasteiger charge is 2.40. The zero-order valence-electron chi connectivity index (χ0n) is 14.0. The van der Waals surface area contributed by atoms with Crippen LogP contribution in [-0.2, 0) is 17.8 Å². The number of benzene rings is 1. The van der Waals surface area contributed by atoms with Gasteiger partial charge in [-0.05, 0) is 37.0 Å². The third kappa shape index (κ3) is 3.59. The van der Waals surface area contributed by atoms with Crippen molar-refractivity contribution < 1.29 is 13.9 Å². The van der Waals surface area contributed by atoms with Crippen molar-refractivity contribution in [3.63, 3.8) is 0 Å². The molecular weight excluding hydrogens is 361 g/mol. The molecule has 2 heterocycles. The third-order valence-electron chi connectivity index (χ3n) is 4.89. The number of fused-ring (bicyclic) bond motifs is 1. The van der Waals surface area contributed by atoms with E-state index in [1.807, 2.05) is 12.1 Å². The fourth-order valence-corrected chi connectivity index (χ4v) is 4.44. The van der Waals surface area contributed by atoms with Crippen molar-refractivity contribution in [1.82, 2.24) is 4.90 Å². The lowest BCUT2D eigenvalue weighted by Gasteiger charge is -2.34. The van der Waals surface area contributed by atoms with Crippen molar-refractivity contribution >= 4 is 29.5 Å². The first kappa shape index (κ1) is 18.4. The van der Waals surface area contributed by atoms with Gasteiger partial charge in [0, 0.05) is 29.4 Å². The van der Waals surface area contributed by atoms with Crippen LogP contribution in [0.25, 0.3) is 0 Å². The van der Waals surface area contributed by atoms with E-state index in [2.05, 4.69) is 4.90 Å². The lowest BCUT2D eigenvalue weighted by atomic mass is 9.95. The molecule has 1 saturated carbocycles. The molecule has 1 aliphatic heterocycles. The Kier molecular flexibility index (Phi) is 5.46. The van der Waals surface area contributed by atoms with E-state index in [0.29, 0.717) is 12.1 Å². The summed E-state index contributed by atoms with van der Waals surface area (Å²) in [5.74, 6) is -0.0102. The number of rotatable bonds is 5. The summed E-state index contributed by atoms with van der Waals surface area (Å²) in [4.78, 5) is 16.3. The highest BCUT2D eigenvalue weighted by molar-refractivity contribution is 7.14. The Morgan fingerprint density at radius 3 is 2.80 bits per heavy atom. The number of hydrogen-bond donors (Lipinski definition) is 0. The molecule has 0 amide bonds. The van der Waals surface area contributed by atoms with Crippen LogP contribution in [0.2, 0.25) is 0 Å². The van der Waals surface area contributed by atoms with Crippen LogP contribution in [0.5, 0.6) is 5.06 Å². The van der Waals surface area contributed by atoms with Gasteiger partial charge in [0.1, 0.15) is 5.82 Å². The number of Topliss-reactive ketones (excluding diaryl/α,β-unsaturated/α-hetero) is 1. The fraction of sp³-hybridized carbons (Fsp3) is 0.421. The summed E-state index contributed by atoms with van der Waals surface area (Å²) in [6.45, 7) is 1.45. The minimum atomic E-state index is -0.474. The van der Waals surface area contributed by atoms with Gasteiger partial charge in [0.2, 0.25) is 0 Å². The minimum absolute atomic E-state index is 0. The Morgan fingerprint density at radius 2 is 2.12 bits per heavy atom. The molecule has 2 aromatic rings. The quantitative estimate of drug-likeness (QED) is 0.769. The van der Waals surface area contributed by atoms with Gasteiger partial charge in [-0.3, -0.25) is 9.69 Å². The van der Waals surface area contributed by atoms with Crippen LogP contribution in [0.4, 0.5) is 4.39 Å². The van der Waals surface area contributed by atoms with E-state index < -0.39 is 6.04 Å². The number of ether oxygens (including phenoxy) is 1. The Morgan fingerprint density at radius 1 is 1.36 bits per heavy atom. The summed E-state index contributed by atoms with van der Waals surface area (Å²) < 4.78 is 19.7. The molecule has 134 valence electrons. The Labute approximate surface area is 157 Å². The van der Waals surface area contributed by atoms with Gasteiger partial charge < -0.3 is 4.74 Å². The maximum atomic E-state index is 14.4. The van der Waals surface area contributed by atoms with Gasteiger partial charge in [0.25, 0.3) is 0 Å². The van der Waals surface area contributed by atoms with Gasteiger partial charge in [-0.1, -0.05) is 18.2 Å². The lowest BCUT2D eigenvalue weighted by Crippen LogP contribution is -2.38. The van der Waals surface area contributed by atoms with E-state index in [4.69, 9.17) is 4.74 Å². The predicted octanol–water partition coefficient (Wildman–Crippen LogP) is 4.40. The van der Waals surface area contributed by atoms with Crippen molar-refractivity contribution in [3.05, 3.63) is 52.2 Å². The average molecular weight is 382 g/mol. The van der Waals surface area contributed by atoms with E-state index in [9.17, 15) is 9.18 Å². The smallest absolute Gasteiger partial charge is 0.173 e. The molecule has 1 aliphatic carbocycles. The highest BCUT2D eigenvalue weighted by Crippen LogP contribution is 2.41. The molecule has 25 heavy (non-hydrogen) atoms. The van der Waals surface area contributed by atoms with Crippen LogP contribution in [0.1, 0.15) is 34.9 Å². The van der Waals surface area contributed by atoms with Gasteiger partial charge in [-0.15, -0.1) is 23.7 Å². The molecule has 0 bridgehead atoms. The van der Waals surface area contributed by atoms with Gasteiger partial charge in [-0.2, -0.15) is 0 Å². The molecule has 1 unspecified atom stereocenters. The number of thiophene rings is 1. The number of methoxy groups -OCH3 is 1. The molecule has 3 nitrogen and oxygen atoms in total. The first-order valence-electron chi connectivity index (χ1n) is 8.35. The Balaban J connectivity index is 0.00000182. The van der Waals surface area contributed by atoms with Crippen molar-refractivity contribution in [2.75, 3.05) is 13.7 Å². The van der Waals surface area contributed by atoms with Gasteiger partial charge >= 0.3 is 0 Å². The van der Waals surface area contributed by atoms with E-state index in [-0.39, 0.29) is 29.9 Å². The third-order valence-corrected chi connectivity index (χ3v) is 6.09. The predicted molar refractivity (Wildman–Crippen MR) is 99.1 cm³/mol. The molecule has 2 aliphatic rings. The number of halogens is 2. The molecule has 1 aromatic heterocycles. The summed E-state index contributed by atoms with van der Waals surface area (Å²) in [5.41, 5.74) is 1.72. The monoisotopic (exact) mass is 381 g/mol. The summed E-state index contributed by atoms with van der Waals surface area (Å²) in [5, 5.41) is 0.901. The fourth-order valence-electron chi connectivity index (χ4n) is 3.47. The first-order valence-corrected chi connectivity index (χ1v) is 9.17. The maximum Gasteiger partial charge on any atom is 0.173 e. The Hall–Kier alpha value is -1.43. The molecule has 0 radical (unpaired) electrons. The van der Waals surface area contributed by atoms with Crippen LogP contribution in [0.3, 0.4) is 0 Å². The van der Waals surface area contributed by atoms with Crippen molar-refractivity contribution in [2.24, 2.45) is 5.92 Å². The Bertz CT molecular complexity index is 775. The summed E-state index contributed by atoms with van der Waals surface area (Å²) in [6, 6.07) is 8.27. The van der Waals surface area contributed by atoms with Crippen LogP contribution in [0.15, 0.2) is 30.3 Å². The molecule has 0 N–H and O–H groups in total. The molecule has 1 atom stereocenters. The van der Waals surface area contributed by atoms with E-state index in [0.717, 1.165) is 30.9 Å². The molecule has 4 rings (SSSR count). The minimum Gasteiger partial charge on any atom is -0.487 e. The second kappa shape index (κ2) is 7.44. The zero-order valence-corrected chi connectivity index (χ0v) is 15.7. The lowest BCUT2D eigenvalue weighted by molar-refractivity contribution is -0.126. The molecular formula is C19H21ClFNO2S. The highest BCUT2D eigenvalue weighted by atomic mass is 35.5. The number of hydrogen-bond acceptors (Lipinski definition) is 4.